The monoisotopic (exact) mass is 564 g/mol. The summed E-state index contributed by atoms with van der Waals surface area (Å²) in [5.41, 5.74) is 0.500. The molecule has 1 atom stereocenters. The highest BCUT2D eigenvalue weighted by molar-refractivity contribution is 6.00. The molecule has 0 unspecified atom stereocenters. The van der Waals surface area contributed by atoms with Gasteiger partial charge in [0.2, 0.25) is 0 Å². The van der Waals surface area contributed by atoms with Gasteiger partial charge in [0.05, 0.1) is 43.3 Å². The SMILES string of the molecule is COc1ccc(-c2nc3c(C(=O)N4CCN([C@@H](CO)c5cccc(C#N)c5)CC4)cnn3c(C(F)(F)F)c2C)cc1. The summed E-state index contributed by atoms with van der Waals surface area (Å²) >= 11 is 0. The highest BCUT2D eigenvalue weighted by Crippen LogP contribution is 2.37. The molecular formula is C29H27F3N6O3. The minimum atomic E-state index is -4.74. The number of aliphatic hydroxyl groups excluding tert-OH is 1. The number of nitrogens with zero attached hydrogens (tertiary/aromatic N) is 6. The van der Waals surface area contributed by atoms with Crippen molar-refractivity contribution in [1.29, 1.82) is 5.26 Å². The van der Waals surface area contributed by atoms with Crippen molar-refractivity contribution in [3.05, 3.63) is 82.7 Å². The second-order valence-electron chi connectivity index (χ2n) is 9.72. The summed E-state index contributed by atoms with van der Waals surface area (Å²) in [5, 5.41) is 23.2. The van der Waals surface area contributed by atoms with Crippen LogP contribution in [-0.4, -0.2) is 75.3 Å². The number of methoxy groups -OCH3 is 1. The Labute approximate surface area is 234 Å². The number of carbonyl (C=O) groups excluding carboxylic acids is 1. The number of ether oxygens (including phenoxy) is 1. The second kappa shape index (κ2) is 11.2. The lowest BCUT2D eigenvalue weighted by molar-refractivity contribution is -0.143. The smallest absolute Gasteiger partial charge is 0.433 e. The molecule has 9 nitrogen and oxygen atoms in total. The van der Waals surface area contributed by atoms with Gasteiger partial charge in [0.1, 0.15) is 11.3 Å². The van der Waals surface area contributed by atoms with E-state index in [0.29, 0.717) is 34.5 Å². The lowest BCUT2D eigenvalue weighted by atomic mass is 10.0. The highest BCUT2D eigenvalue weighted by Gasteiger charge is 2.39. The molecule has 4 aromatic rings. The van der Waals surface area contributed by atoms with Crippen molar-refractivity contribution in [2.75, 3.05) is 39.9 Å². The first kappa shape index (κ1) is 28.1. The Bertz CT molecular complexity index is 1620. The van der Waals surface area contributed by atoms with Crippen LogP contribution in [-0.2, 0) is 6.18 Å². The van der Waals surface area contributed by atoms with E-state index in [-0.39, 0.29) is 48.2 Å². The topological polar surface area (TPSA) is 107 Å². The third-order valence-corrected chi connectivity index (χ3v) is 7.36. The van der Waals surface area contributed by atoms with Crippen LogP contribution in [0, 0.1) is 18.3 Å². The van der Waals surface area contributed by atoms with E-state index in [1.54, 1.807) is 47.4 Å². The molecule has 0 radical (unpaired) electrons. The average Bonchev–Trinajstić information content (AvgIpc) is 3.39. The molecule has 1 aliphatic rings. The first-order valence-corrected chi connectivity index (χ1v) is 12.9. The number of aromatic nitrogens is 3. The lowest BCUT2D eigenvalue weighted by Gasteiger charge is -2.38. The van der Waals surface area contributed by atoms with Crippen LogP contribution in [0.3, 0.4) is 0 Å². The zero-order valence-corrected chi connectivity index (χ0v) is 22.4. The van der Waals surface area contributed by atoms with Crippen LogP contribution in [0.2, 0.25) is 0 Å². The standard InChI is InChI=1S/C29H27F3N6O3/c1-18-25(20-6-8-22(41-2)9-7-20)35-27-23(16-34-38(27)26(18)29(30,31)32)28(40)37-12-10-36(11-13-37)24(17-39)21-5-3-4-19(14-21)15-33/h3-9,14,16,24,39H,10-13,17H2,1-2H3/t24-/m0/s1. The number of halogens is 3. The number of aliphatic hydroxyl groups is 1. The number of fused-ring (bicyclic) bond motifs is 1. The molecule has 12 heteroatoms. The Kier molecular flexibility index (Phi) is 7.66. The molecule has 1 saturated heterocycles. The summed E-state index contributed by atoms with van der Waals surface area (Å²) in [6, 6.07) is 15.2. The fourth-order valence-electron chi connectivity index (χ4n) is 5.24. The fraction of sp³-hybridized carbons (Fsp3) is 0.310. The van der Waals surface area contributed by atoms with Gasteiger partial charge in [-0.3, -0.25) is 9.69 Å². The van der Waals surface area contributed by atoms with Gasteiger partial charge in [0, 0.05) is 37.3 Å². The molecule has 41 heavy (non-hydrogen) atoms. The van der Waals surface area contributed by atoms with Gasteiger partial charge < -0.3 is 14.7 Å². The van der Waals surface area contributed by atoms with Gasteiger partial charge in [0.25, 0.3) is 5.91 Å². The Morgan fingerprint density at radius 1 is 1.15 bits per heavy atom. The molecule has 2 aromatic carbocycles. The summed E-state index contributed by atoms with van der Waals surface area (Å²) in [6.45, 7) is 2.58. The van der Waals surface area contributed by atoms with Gasteiger partial charge in [-0.25, -0.2) is 9.50 Å². The summed E-state index contributed by atoms with van der Waals surface area (Å²) in [5.74, 6) is 0.0703. The molecule has 1 N–H and O–H groups in total. The molecule has 3 heterocycles. The van der Waals surface area contributed by atoms with E-state index < -0.39 is 17.8 Å². The number of hydrogen-bond donors (Lipinski definition) is 1. The fourth-order valence-corrected chi connectivity index (χ4v) is 5.24. The number of rotatable bonds is 6. The Balaban J connectivity index is 1.44. The molecule has 0 spiro atoms. The van der Waals surface area contributed by atoms with Gasteiger partial charge in [-0.05, 0) is 48.9 Å². The highest BCUT2D eigenvalue weighted by atomic mass is 19.4. The lowest BCUT2D eigenvalue weighted by Crippen LogP contribution is -2.50. The van der Waals surface area contributed by atoms with Crippen LogP contribution in [0.5, 0.6) is 5.75 Å². The van der Waals surface area contributed by atoms with E-state index >= 15 is 0 Å². The minimum absolute atomic E-state index is 0.0286. The zero-order chi connectivity index (χ0) is 29.3. The molecule has 1 fully saturated rings. The summed E-state index contributed by atoms with van der Waals surface area (Å²) < 4.78 is 48.6. The number of piperazine rings is 1. The van der Waals surface area contributed by atoms with Crippen LogP contribution in [0.25, 0.3) is 16.9 Å². The Morgan fingerprint density at radius 2 is 1.85 bits per heavy atom. The number of nitriles is 1. The normalized spacial score (nSPS) is 15.1. The van der Waals surface area contributed by atoms with Gasteiger partial charge in [-0.2, -0.15) is 23.5 Å². The van der Waals surface area contributed by atoms with Crippen LogP contribution in [0.15, 0.2) is 54.7 Å². The van der Waals surface area contributed by atoms with Crippen molar-refractivity contribution in [1.82, 2.24) is 24.4 Å². The van der Waals surface area contributed by atoms with Crippen molar-refractivity contribution in [3.63, 3.8) is 0 Å². The van der Waals surface area contributed by atoms with Gasteiger partial charge >= 0.3 is 6.18 Å². The first-order valence-electron chi connectivity index (χ1n) is 12.9. The maximum absolute atomic E-state index is 14.3. The molecule has 0 saturated carbocycles. The largest absolute Gasteiger partial charge is 0.497 e. The van der Waals surface area contributed by atoms with Crippen LogP contribution < -0.4 is 4.74 Å². The summed E-state index contributed by atoms with van der Waals surface area (Å²) in [6.07, 6.45) is -3.61. The van der Waals surface area contributed by atoms with E-state index in [0.717, 1.165) is 11.8 Å². The van der Waals surface area contributed by atoms with Gasteiger partial charge in [-0.1, -0.05) is 12.1 Å². The molecule has 5 rings (SSSR count). The molecule has 2 aromatic heterocycles. The number of carbonyl (C=O) groups is 1. The van der Waals surface area contributed by atoms with Gasteiger partial charge in [-0.15, -0.1) is 0 Å². The van der Waals surface area contributed by atoms with Crippen molar-refractivity contribution in [3.8, 4) is 23.1 Å². The van der Waals surface area contributed by atoms with Crippen LogP contribution in [0.1, 0.15) is 38.8 Å². The van der Waals surface area contributed by atoms with Gasteiger partial charge in [0.15, 0.2) is 11.3 Å². The predicted molar refractivity (Wildman–Crippen MR) is 143 cm³/mol. The maximum Gasteiger partial charge on any atom is 0.433 e. The maximum atomic E-state index is 14.3. The summed E-state index contributed by atoms with van der Waals surface area (Å²) in [4.78, 5) is 21.7. The average molecular weight is 565 g/mol. The Hall–Kier alpha value is -4.47. The predicted octanol–water partition coefficient (Wildman–Crippen LogP) is 4.10. The molecule has 1 amide bonds. The minimum Gasteiger partial charge on any atom is -0.497 e. The number of hydrogen-bond acceptors (Lipinski definition) is 7. The van der Waals surface area contributed by atoms with E-state index in [9.17, 15) is 28.3 Å². The molecule has 1 aliphatic heterocycles. The molecular weight excluding hydrogens is 537 g/mol. The van der Waals surface area contributed by atoms with E-state index in [1.165, 1.54) is 14.0 Å². The van der Waals surface area contributed by atoms with E-state index in [2.05, 4.69) is 16.2 Å². The van der Waals surface area contributed by atoms with Crippen molar-refractivity contribution in [2.24, 2.45) is 0 Å². The molecule has 0 aliphatic carbocycles. The Morgan fingerprint density at radius 3 is 2.46 bits per heavy atom. The third kappa shape index (κ3) is 5.33. The molecule has 0 bridgehead atoms. The molecule has 212 valence electrons. The second-order valence-corrected chi connectivity index (χ2v) is 9.72. The number of benzene rings is 2. The quantitative estimate of drug-likeness (QED) is 0.376. The number of amides is 1. The summed E-state index contributed by atoms with van der Waals surface area (Å²) in [7, 11) is 1.49. The zero-order valence-electron chi connectivity index (χ0n) is 22.4. The number of alkyl halides is 3. The third-order valence-electron chi connectivity index (χ3n) is 7.36. The first-order chi connectivity index (χ1) is 19.7. The van der Waals surface area contributed by atoms with Crippen LogP contribution >= 0.6 is 0 Å². The van der Waals surface area contributed by atoms with E-state index in [4.69, 9.17) is 4.74 Å². The van der Waals surface area contributed by atoms with Crippen molar-refractivity contribution < 1.29 is 27.8 Å². The van der Waals surface area contributed by atoms with Crippen molar-refractivity contribution in [2.45, 2.75) is 19.1 Å². The van der Waals surface area contributed by atoms with Crippen LogP contribution in [0.4, 0.5) is 13.2 Å². The van der Waals surface area contributed by atoms with Crippen molar-refractivity contribution >= 4 is 11.6 Å². The van der Waals surface area contributed by atoms with E-state index in [1.807, 2.05) is 11.0 Å².